The molecular formula is C22H23ClN2O6S. The number of nitrogens with zero attached hydrogens (tertiary/aromatic N) is 1. The number of benzene rings is 2. The molecule has 0 bridgehead atoms. The fourth-order valence-corrected chi connectivity index (χ4v) is 4.43. The molecule has 0 radical (unpaired) electrons. The quantitative estimate of drug-likeness (QED) is 0.485. The van der Waals surface area contributed by atoms with Crippen molar-refractivity contribution in [3.05, 3.63) is 65.2 Å². The van der Waals surface area contributed by atoms with Crippen LogP contribution in [0.3, 0.4) is 0 Å². The second-order valence-corrected chi connectivity index (χ2v) is 9.37. The Kier molecular flexibility index (Phi) is 8.03. The van der Waals surface area contributed by atoms with Gasteiger partial charge in [-0.25, -0.2) is 13.2 Å². The summed E-state index contributed by atoms with van der Waals surface area (Å²) in [5, 5.41) is 3.17. The molecule has 1 atom stereocenters. The van der Waals surface area contributed by atoms with Gasteiger partial charge in [0.1, 0.15) is 0 Å². The number of anilines is 1. The van der Waals surface area contributed by atoms with Gasteiger partial charge in [0.25, 0.3) is 5.91 Å². The van der Waals surface area contributed by atoms with Crippen molar-refractivity contribution in [1.29, 1.82) is 0 Å². The van der Waals surface area contributed by atoms with Crippen molar-refractivity contribution in [2.24, 2.45) is 0 Å². The van der Waals surface area contributed by atoms with Gasteiger partial charge in [-0.2, -0.15) is 4.31 Å². The summed E-state index contributed by atoms with van der Waals surface area (Å²) >= 11 is 5.81. The Balaban J connectivity index is 1.54. The first-order valence-electron chi connectivity index (χ1n) is 9.89. The first-order valence-corrected chi connectivity index (χ1v) is 11.7. The van der Waals surface area contributed by atoms with Gasteiger partial charge in [-0.15, -0.1) is 0 Å². The van der Waals surface area contributed by atoms with E-state index < -0.39 is 28.0 Å². The van der Waals surface area contributed by atoms with Gasteiger partial charge in [0.05, 0.1) is 18.1 Å². The molecule has 1 N–H and O–H groups in total. The lowest BCUT2D eigenvalue weighted by Crippen LogP contribution is -2.40. The maximum Gasteiger partial charge on any atom is 0.331 e. The van der Waals surface area contributed by atoms with Crippen LogP contribution in [0.1, 0.15) is 12.5 Å². The summed E-state index contributed by atoms with van der Waals surface area (Å²) < 4.78 is 36.9. The molecule has 1 saturated heterocycles. The number of sulfonamides is 1. The summed E-state index contributed by atoms with van der Waals surface area (Å²) in [6, 6.07) is 12.7. The molecule has 32 heavy (non-hydrogen) atoms. The molecule has 170 valence electrons. The van der Waals surface area contributed by atoms with Gasteiger partial charge in [-0.1, -0.05) is 23.7 Å². The Labute approximate surface area is 191 Å². The average Bonchev–Trinajstić information content (AvgIpc) is 2.80. The normalized spacial score (nSPS) is 15.9. The van der Waals surface area contributed by atoms with Crippen molar-refractivity contribution in [2.75, 3.05) is 31.6 Å². The van der Waals surface area contributed by atoms with E-state index in [1.807, 2.05) is 0 Å². The molecule has 1 heterocycles. The third-order valence-corrected chi connectivity index (χ3v) is 6.84. The van der Waals surface area contributed by atoms with E-state index in [1.165, 1.54) is 35.5 Å². The minimum Gasteiger partial charge on any atom is -0.449 e. The molecule has 2 aromatic carbocycles. The van der Waals surface area contributed by atoms with Crippen LogP contribution in [0.4, 0.5) is 5.69 Å². The SMILES string of the molecule is CC(OC(=O)/C=C/c1ccc(S(=O)(=O)N2CCOCC2)cc1)C(=O)Nc1ccc(Cl)cc1. The molecule has 1 aliphatic heterocycles. The predicted octanol–water partition coefficient (Wildman–Crippen LogP) is 2.94. The van der Waals surface area contributed by atoms with Crippen LogP contribution in [0.25, 0.3) is 6.08 Å². The molecule has 0 aromatic heterocycles. The van der Waals surface area contributed by atoms with Gasteiger partial charge in [0.15, 0.2) is 6.10 Å². The number of halogens is 1. The van der Waals surface area contributed by atoms with Crippen molar-refractivity contribution in [3.63, 3.8) is 0 Å². The smallest absolute Gasteiger partial charge is 0.331 e. The van der Waals surface area contributed by atoms with Gasteiger partial charge < -0.3 is 14.8 Å². The predicted molar refractivity (Wildman–Crippen MR) is 121 cm³/mol. The van der Waals surface area contributed by atoms with Crippen molar-refractivity contribution < 1.29 is 27.5 Å². The van der Waals surface area contributed by atoms with E-state index in [0.29, 0.717) is 42.6 Å². The molecule has 0 saturated carbocycles. The van der Waals surface area contributed by atoms with E-state index in [9.17, 15) is 18.0 Å². The number of morpholine rings is 1. The number of hydrogen-bond donors (Lipinski definition) is 1. The number of rotatable bonds is 7. The highest BCUT2D eigenvalue weighted by atomic mass is 35.5. The van der Waals surface area contributed by atoms with Crippen LogP contribution in [0, 0.1) is 0 Å². The lowest BCUT2D eigenvalue weighted by Gasteiger charge is -2.26. The van der Waals surface area contributed by atoms with Crippen LogP contribution >= 0.6 is 11.6 Å². The number of esters is 1. The number of hydrogen-bond acceptors (Lipinski definition) is 6. The maximum absolute atomic E-state index is 12.6. The summed E-state index contributed by atoms with van der Waals surface area (Å²) in [7, 11) is -3.58. The van der Waals surface area contributed by atoms with E-state index in [1.54, 1.807) is 36.4 Å². The van der Waals surface area contributed by atoms with Gasteiger partial charge in [-0.3, -0.25) is 4.79 Å². The standard InChI is InChI=1S/C22H23ClN2O6S/c1-16(22(27)24-19-7-5-18(23)6-8-19)31-21(26)11-4-17-2-9-20(10-3-17)32(28,29)25-12-14-30-15-13-25/h2-11,16H,12-15H2,1H3,(H,24,27)/b11-4+. The molecule has 8 nitrogen and oxygen atoms in total. The first kappa shape index (κ1) is 23.9. The van der Waals surface area contributed by atoms with Crippen LogP contribution in [-0.2, 0) is 29.1 Å². The monoisotopic (exact) mass is 478 g/mol. The highest BCUT2D eigenvalue weighted by Gasteiger charge is 2.26. The number of amides is 1. The molecule has 0 spiro atoms. The molecule has 3 rings (SSSR count). The number of carbonyl (C=O) groups is 2. The third kappa shape index (κ3) is 6.39. The summed E-state index contributed by atoms with van der Waals surface area (Å²) in [5.41, 5.74) is 1.14. The van der Waals surface area contributed by atoms with Gasteiger partial charge in [0, 0.05) is 29.9 Å². The van der Waals surface area contributed by atoms with Crippen molar-refractivity contribution in [3.8, 4) is 0 Å². The second-order valence-electron chi connectivity index (χ2n) is 6.99. The summed E-state index contributed by atoms with van der Waals surface area (Å²) in [4.78, 5) is 24.4. The fraction of sp³-hybridized carbons (Fsp3) is 0.273. The Morgan fingerprint density at radius 2 is 1.72 bits per heavy atom. The van der Waals surface area contributed by atoms with Crippen LogP contribution in [0.5, 0.6) is 0 Å². The number of nitrogens with one attached hydrogen (secondary N) is 1. The Hall–Kier alpha value is -2.72. The lowest BCUT2D eigenvalue weighted by molar-refractivity contribution is -0.148. The minimum absolute atomic E-state index is 0.173. The van der Waals surface area contributed by atoms with Crippen LogP contribution in [0.15, 0.2) is 59.5 Å². The highest BCUT2D eigenvalue weighted by molar-refractivity contribution is 7.89. The zero-order valence-electron chi connectivity index (χ0n) is 17.4. The summed E-state index contributed by atoms with van der Waals surface area (Å²) in [6.07, 6.45) is 1.65. The Morgan fingerprint density at radius 1 is 1.09 bits per heavy atom. The Bertz CT molecular complexity index is 1080. The molecule has 1 amide bonds. The first-order chi connectivity index (χ1) is 15.3. The third-order valence-electron chi connectivity index (χ3n) is 4.67. The van der Waals surface area contributed by atoms with Crippen LogP contribution in [-0.4, -0.2) is 57.0 Å². The van der Waals surface area contributed by atoms with Crippen LogP contribution in [0.2, 0.25) is 5.02 Å². The van der Waals surface area contributed by atoms with Gasteiger partial charge >= 0.3 is 5.97 Å². The van der Waals surface area contributed by atoms with Crippen LogP contribution < -0.4 is 5.32 Å². The summed E-state index contributed by atoms with van der Waals surface area (Å²) in [5.74, 6) is -1.18. The highest BCUT2D eigenvalue weighted by Crippen LogP contribution is 2.18. The van der Waals surface area contributed by atoms with E-state index in [0.717, 1.165) is 0 Å². The van der Waals surface area contributed by atoms with Crippen molar-refractivity contribution in [2.45, 2.75) is 17.9 Å². The van der Waals surface area contributed by atoms with E-state index in [2.05, 4.69) is 5.32 Å². The lowest BCUT2D eigenvalue weighted by atomic mass is 10.2. The van der Waals surface area contributed by atoms with Gasteiger partial charge in [0.2, 0.25) is 10.0 Å². The summed E-state index contributed by atoms with van der Waals surface area (Å²) in [6.45, 7) is 2.85. The maximum atomic E-state index is 12.6. The molecule has 1 unspecified atom stereocenters. The topological polar surface area (TPSA) is 102 Å². The van der Waals surface area contributed by atoms with E-state index in [-0.39, 0.29) is 4.90 Å². The largest absolute Gasteiger partial charge is 0.449 e. The molecule has 0 aliphatic carbocycles. The zero-order chi connectivity index (χ0) is 23.1. The minimum atomic E-state index is -3.58. The van der Waals surface area contributed by atoms with Gasteiger partial charge in [-0.05, 0) is 55.0 Å². The fourth-order valence-electron chi connectivity index (χ4n) is 2.90. The van der Waals surface area contributed by atoms with Crippen molar-refractivity contribution >= 4 is 45.3 Å². The van der Waals surface area contributed by atoms with E-state index >= 15 is 0 Å². The number of ether oxygens (including phenoxy) is 2. The average molecular weight is 479 g/mol. The zero-order valence-corrected chi connectivity index (χ0v) is 18.9. The molecule has 2 aromatic rings. The second kappa shape index (κ2) is 10.7. The molecule has 1 aliphatic rings. The molecule has 1 fully saturated rings. The Morgan fingerprint density at radius 3 is 2.34 bits per heavy atom. The van der Waals surface area contributed by atoms with E-state index in [4.69, 9.17) is 21.1 Å². The molecule has 10 heteroatoms. The van der Waals surface area contributed by atoms with Crippen molar-refractivity contribution in [1.82, 2.24) is 4.31 Å². The number of carbonyl (C=O) groups excluding carboxylic acids is 2. The molecular weight excluding hydrogens is 456 g/mol.